The lowest BCUT2D eigenvalue weighted by Gasteiger charge is -2.21. The minimum atomic E-state index is 0. The predicted octanol–water partition coefficient (Wildman–Crippen LogP) is 2.80. The van der Waals surface area contributed by atoms with Crippen molar-refractivity contribution < 1.29 is 4.79 Å². The summed E-state index contributed by atoms with van der Waals surface area (Å²) in [5, 5.41) is 0. The van der Waals surface area contributed by atoms with Crippen molar-refractivity contribution in [2.45, 2.75) is 45.6 Å². The topological polar surface area (TPSA) is 46.3 Å². The molecule has 0 saturated carbocycles. The van der Waals surface area contributed by atoms with E-state index in [0.29, 0.717) is 24.9 Å². The lowest BCUT2D eigenvalue weighted by molar-refractivity contribution is -0.131. The first kappa shape index (κ1) is 18.0. The summed E-state index contributed by atoms with van der Waals surface area (Å²) in [7, 11) is 0. The first-order valence-corrected chi connectivity index (χ1v) is 7.71. The highest BCUT2D eigenvalue weighted by Gasteiger charge is 2.30. The van der Waals surface area contributed by atoms with Crippen LogP contribution >= 0.6 is 12.4 Å². The van der Waals surface area contributed by atoms with Crippen molar-refractivity contribution in [1.29, 1.82) is 0 Å². The van der Waals surface area contributed by atoms with Crippen LogP contribution in [0.25, 0.3) is 0 Å². The number of aryl methyl sites for hydroxylation is 2. The minimum Gasteiger partial charge on any atom is -0.340 e. The fourth-order valence-electron chi connectivity index (χ4n) is 3.00. The predicted molar refractivity (Wildman–Crippen MR) is 89.7 cm³/mol. The zero-order valence-corrected chi connectivity index (χ0v) is 13.9. The van der Waals surface area contributed by atoms with Gasteiger partial charge in [-0.1, -0.05) is 31.2 Å². The first-order chi connectivity index (χ1) is 9.63. The first-order valence-electron chi connectivity index (χ1n) is 7.71. The molecule has 1 aromatic carbocycles. The van der Waals surface area contributed by atoms with Crippen LogP contribution in [0.1, 0.15) is 37.8 Å². The Labute approximate surface area is 134 Å². The van der Waals surface area contributed by atoms with Crippen LogP contribution in [0.3, 0.4) is 0 Å². The molecule has 1 saturated heterocycles. The number of carbonyl (C=O) groups is 1. The number of hydrogen-bond acceptors (Lipinski definition) is 2. The lowest BCUT2D eigenvalue weighted by atomic mass is 10.1. The molecule has 1 fully saturated rings. The second-order valence-electron chi connectivity index (χ2n) is 5.90. The van der Waals surface area contributed by atoms with E-state index in [1.165, 1.54) is 11.1 Å². The van der Waals surface area contributed by atoms with E-state index in [1.54, 1.807) is 0 Å². The third kappa shape index (κ3) is 4.72. The van der Waals surface area contributed by atoms with E-state index in [9.17, 15) is 4.79 Å². The molecule has 0 aromatic heterocycles. The quantitative estimate of drug-likeness (QED) is 0.909. The van der Waals surface area contributed by atoms with Crippen molar-refractivity contribution in [3.63, 3.8) is 0 Å². The molecule has 2 atom stereocenters. The summed E-state index contributed by atoms with van der Waals surface area (Å²) in [4.78, 5) is 14.3. The van der Waals surface area contributed by atoms with Crippen LogP contribution in [0, 0.1) is 5.92 Å². The van der Waals surface area contributed by atoms with Gasteiger partial charge in [0.2, 0.25) is 5.91 Å². The SMILES string of the molecule is CCc1ccc(CCC(=O)N2CC(CN)CC2C)cc1.Cl. The number of halogens is 1. The number of benzene rings is 1. The Morgan fingerprint density at radius 2 is 1.90 bits per heavy atom. The van der Waals surface area contributed by atoms with Crippen LogP contribution < -0.4 is 5.73 Å². The lowest BCUT2D eigenvalue weighted by Crippen LogP contribution is -2.34. The summed E-state index contributed by atoms with van der Waals surface area (Å²) in [5.41, 5.74) is 8.31. The van der Waals surface area contributed by atoms with Crippen LogP contribution in [-0.4, -0.2) is 29.9 Å². The number of amides is 1. The van der Waals surface area contributed by atoms with E-state index < -0.39 is 0 Å². The molecule has 1 aliphatic heterocycles. The summed E-state index contributed by atoms with van der Waals surface area (Å²) in [6.45, 7) is 5.81. The van der Waals surface area contributed by atoms with Crippen LogP contribution in [0.15, 0.2) is 24.3 Å². The average molecular weight is 311 g/mol. The van der Waals surface area contributed by atoms with Gasteiger partial charge in [0.1, 0.15) is 0 Å². The molecule has 1 aromatic rings. The van der Waals surface area contributed by atoms with E-state index in [4.69, 9.17) is 5.73 Å². The molecular weight excluding hydrogens is 284 g/mol. The molecule has 2 unspecified atom stereocenters. The van der Waals surface area contributed by atoms with Gasteiger partial charge in [0.25, 0.3) is 0 Å². The average Bonchev–Trinajstić information content (AvgIpc) is 2.86. The van der Waals surface area contributed by atoms with E-state index in [-0.39, 0.29) is 18.3 Å². The molecule has 21 heavy (non-hydrogen) atoms. The van der Waals surface area contributed by atoms with Gasteiger partial charge in [-0.05, 0) is 49.8 Å². The molecule has 0 bridgehead atoms. The van der Waals surface area contributed by atoms with Crippen LogP contribution in [0.2, 0.25) is 0 Å². The molecule has 1 amide bonds. The summed E-state index contributed by atoms with van der Waals surface area (Å²) < 4.78 is 0. The number of rotatable bonds is 5. The molecule has 2 N–H and O–H groups in total. The fourth-order valence-corrected chi connectivity index (χ4v) is 3.00. The number of likely N-dealkylation sites (tertiary alicyclic amines) is 1. The van der Waals surface area contributed by atoms with Crippen LogP contribution in [0.4, 0.5) is 0 Å². The number of carbonyl (C=O) groups excluding carboxylic acids is 1. The van der Waals surface area contributed by atoms with Gasteiger partial charge in [0, 0.05) is 19.0 Å². The van der Waals surface area contributed by atoms with Crippen molar-refractivity contribution in [2.75, 3.05) is 13.1 Å². The second-order valence-corrected chi connectivity index (χ2v) is 5.90. The Morgan fingerprint density at radius 1 is 1.29 bits per heavy atom. The second kappa shape index (κ2) is 8.40. The van der Waals surface area contributed by atoms with E-state index in [1.807, 2.05) is 4.90 Å². The van der Waals surface area contributed by atoms with Gasteiger partial charge in [-0.25, -0.2) is 0 Å². The minimum absolute atomic E-state index is 0. The fraction of sp³-hybridized carbons (Fsp3) is 0.588. The van der Waals surface area contributed by atoms with Crippen molar-refractivity contribution in [3.8, 4) is 0 Å². The smallest absolute Gasteiger partial charge is 0.223 e. The zero-order valence-electron chi connectivity index (χ0n) is 13.0. The van der Waals surface area contributed by atoms with Crippen LogP contribution in [0.5, 0.6) is 0 Å². The van der Waals surface area contributed by atoms with Crippen LogP contribution in [-0.2, 0) is 17.6 Å². The summed E-state index contributed by atoms with van der Waals surface area (Å²) >= 11 is 0. The van der Waals surface area contributed by atoms with Gasteiger partial charge < -0.3 is 10.6 Å². The van der Waals surface area contributed by atoms with Gasteiger partial charge >= 0.3 is 0 Å². The number of nitrogens with two attached hydrogens (primary N) is 1. The molecule has 4 heteroatoms. The maximum absolute atomic E-state index is 12.3. The normalized spacial score (nSPS) is 21.2. The molecule has 1 heterocycles. The Kier molecular flexibility index (Phi) is 7.20. The largest absolute Gasteiger partial charge is 0.340 e. The maximum atomic E-state index is 12.3. The molecule has 0 radical (unpaired) electrons. The van der Waals surface area contributed by atoms with E-state index in [0.717, 1.165) is 25.8 Å². The van der Waals surface area contributed by atoms with Gasteiger partial charge in [-0.3, -0.25) is 4.79 Å². The van der Waals surface area contributed by atoms with E-state index >= 15 is 0 Å². The molecule has 118 valence electrons. The van der Waals surface area contributed by atoms with E-state index in [2.05, 4.69) is 38.1 Å². The third-order valence-electron chi connectivity index (χ3n) is 4.37. The summed E-state index contributed by atoms with van der Waals surface area (Å²) in [6, 6.07) is 8.94. The Balaban J connectivity index is 0.00000220. The zero-order chi connectivity index (χ0) is 14.5. The highest BCUT2D eigenvalue weighted by molar-refractivity contribution is 5.85. The van der Waals surface area contributed by atoms with Crippen molar-refractivity contribution >= 4 is 18.3 Å². The molecule has 2 rings (SSSR count). The monoisotopic (exact) mass is 310 g/mol. The Bertz CT molecular complexity index is 447. The highest BCUT2D eigenvalue weighted by Crippen LogP contribution is 2.23. The Morgan fingerprint density at radius 3 is 2.43 bits per heavy atom. The standard InChI is InChI=1S/C17H26N2O.ClH/c1-3-14-4-6-15(7-5-14)8-9-17(20)19-12-16(11-18)10-13(19)2;/h4-7,13,16H,3,8-12,18H2,1-2H3;1H. The van der Waals surface area contributed by atoms with Gasteiger partial charge in [-0.2, -0.15) is 0 Å². The molecular formula is C17H27ClN2O. The van der Waals surface area contributed by atoms with Gasteiger partial charge in [-0.15, -0.1) is 12.4 Å². The number of hydrogen-bond donors (Lipinski definition) is 1. The summed E-state index contributed by atoms with van der Waals surface area (Å²) in [5.74, 6) is 0.755. The Hall–Kier alpha value is -1.06. The van der Waals surface area contributed by atoms with Crippen molar-refractivity contribution in [3.05, 3.63) is 35.4 Å². The molecule has 1 aliphatic rings. The highest BCUT2D eigenvalue weighted by atomic mass is 35.5. The molecule has 0 spiro atoms. The maximum Gasteiger partial charge on any atom is 0.223 e. The molecule has 3 nitrogen and oxygen atoms in total. The van der Waals surface area contributed by atoms with Crippen molar-refractivity contribution in [1.82, 2.24) is 4.90 Å². The summed E-state index contributed by atoms with van der Waals surface area (Å²) in [6.07, 6.45) is 3.55. The molecule has 0 aliphatic carbocycles. The van der Waals surface area contributed by atoms with Gasteiger partial charge in [0.15, 0.2) is 0 Å². The van der Waals surface area contributed by atoms with Gasteiger partial charge in [0.05, 0.1) is 0 Å². The van der Waals surface area contributed by atoms with Crippen molar-refractivity contribution in [2.24, 2.45) is 11.7 Å². The number of nitrogens with zero attached hydrogens (tertiary/aromatic N) is 1. The third-order valence-corrected chi connectivity index (χ3v) is 4.37.